The van der Waals surface area contributed by atoms with Gasteiger partial charge in [-0.25, -0.2) is 9.78 Å². The van der Waals surface area contributed by atoms with Gasteiger partial charge in [0.15, 0.2) is 0 Å². The number of benzene rings is 1. The molecule has 0 aliphatic heterocycles. The van der Waals surface area contributed by atoms with Crippen molar-refractivity contribution in [1.29, 1.82) is 0 Å². The average Bonchev–Trinajstić information content (AvgIpc) is 2.50. The molecule has 0 aliphatic rings. The Hall–Kier alpha value is -2.43. The van der Waals surface area contributed by atoms with Gasteiger partial charge in [-0.1, -0.05) is 25.5 Å². The molecule has 1 heterocycles. The maximum absolute atomic E-state index is 12.2. The van der Waals surface area contributed by atoms with E-state index in [0.717, 1.165) is 24.1 Å². The maximum Gasteiger partial charge on any atom is 0.337 e. The predicted octanol–water partition coefficient (Wildman–Crippen LogP) is 2.41. The number of nitrogens with one attached hydrogen (secondary N) is 1. The number of ether oxygens (including phenoxy) is 1. The van der Waals surface area contributed by atoms with Gasteiger partial charge in [0.1, 0.15) is 5.82 Å². The molecule has 0 fully saturated rings. The normalized spacial score (nSPS) is 10.5. The molecule has 0 unspecified atom stereocenters. The quantitative estimate of drug-likeness (QED) is 0.861. The number of esters is 1. The summed E-state index contributed by atoms with van der Waals surface area (Å²) in [5.74, 6) is 0.243. The molecule has 116 valence electrons. The van der Waals surface area contributed by atoms with Crippen molar-refractivity contribution in [2.75, 3.05) is 7.11 Å². The van der Waals surface area contributed by atoms with Crippen molar-refractivity contribution >= 4 is 5.97 Å². The lowest BCUT2D eigenvalue weighted by Gasteiger charge is -2.09. The Balaban J connectivity index is 2.38. The molecular weight excluding hydrogens is 280 g/mol. The first kappa shape index (κ1) is 15.9. The predicted molar refractivity (Wildman–Crippen MR) is 84.2 cm³/mol. The zero-order valence-electron chi connectivity index (χ0n) is 13.1. The standard InChI is InChI=1S/C17H20N2O3/c1-4-6-15-14(16(20)19-11(2)18-15)10-12-7-5-8-13(9-12)17(21)22-3/h5,7-9H,4,6,10H2,1-3H3,(H,18,19,20). The van der Waals surface area contributed by atoms with E-state index in [1.54, 1.807) is 25.1 Å². The molecule has 5 heteroatoms. The Kier molecular flexibility index (Phi) is 5.09. The highest BCUT2D eigenvalue weighted by Crippen LogP contribution is 2.13. The van der Waals surface area contributed by atoms with Crippen molar-refractivity contribution in [3.05, 3.63) is 62.8 Å². The van der Waals surface area contributed by atoms with Crippen LogP contribution in [0.4, 0.5) is 0 Å². The molecule has 2 aromatic rings. The molecule has 0 atom stereocenters. The smallest absolute Gasteiger partial charge is 0.337 e. The summed E-state index contributed by atoms with van der Waals surface area (Å²) in [5, 5.41) is 0. The van der Waals surface area contributed by atoms with Crippen LogP contribution in [0.25, 0.3) is 0 Å². The SMILES string of the molecule is CCCc1nc(C)[nH]c(=O)c1Cc1cccc(C(=O)OC)c1. The first-order valence-corrected chi connectivity index (χ1v) is 7.31. The second-order valence-electron chi connectivity index (χ2n) is 5.20. The number of aromatic amines is 1. The van der Waals surface area contributed by atoms with Crippen molar-refractivity contribution in [1.82, 2.24) is 9.97 Å². The van der Waals surface area contributed by atoms with Gasteiger partial charge in [-0.05, 0) is 31.0 Å². The molecule has 0 amide bonds. The van der Waals surface area contributed by atoms with Crippen LogP contribution in [0.5, 0.6) is 0 Å². The number of carbonyl (C=O) groups is 1. The van der Waals surface area contributed by atoms with Crippen LogP contribution in [-0.4, -0.2) is 23.0 Å². The van der Waals surface area contributed by atoms with Gasteiger partial charge in [-0.3, -0.25) is 4.79 Å². The van der Waals surface area contributed by atoms with Gasteiger partial charge in [0, 0.05) is 12.0 Å². The summed E-state index contributed by atoms with van der Waals surface area (Å²) in [7, 11) is 1.35. The number of hydrogen-bond donors (Lipinski definition) is 1. The minimum absolute atomic E-state index is 0.112. The van der Waals surface area contributed by atoms with E-state index in [9.17, 15) is 9.59 Å². The maximum atomic E-state index is 12.2. The number of carbonyl (C=O) groups excluding carboxylic acids is 1. The number of aryl methyl sites for hydroxylation is 2. The van der Waals surface area contributed by atoms with Crippen molar-refractivity contribution in [3.63, 3.8) is 0 Å². The molecule has 0 spiro atoms. The Morgan fingerprint density at radius 3 is 2.82 bits per heavy atom. The van der Waals surface area contributed by atoms with E-state index in [-0.39, 0.29) is 11.5 Å². The lowest BCUT2D eigenvalue weighted by molar-refractivity contribution is 0.0600. The monoisotopic (exact) mass is 300 g/mol. The molecular formula is C17H20N2O3. The van der Waals surface area contributed by atoms with Crippen LogP contribution in [-0.2, 0) is 17.6 Å². The summed E-state index contributed by atoms with van der Waals surface area (Å²) in [6.45, 7) is 3.84. The summed E-state index contributed by atoms with van der Waals surface area (Å²) in [5.41, 5.74) is 2.74. The van der Waals surface area contributed by atoms with Crippen LogP contribution in [0, 0.1) is 6.92 Å². The number of aromatic nitrogens is 2. The topological polar surface area (TPSA) is 72.0 Å². The van der Waals surface area contributed by atoms with Gasteiger partial charge in [0.05, 0.1) is 18.4 Å². The number of rotatable bonds is 5. The summed E-state index contributed by atoms with van der Waals surface area (Å²) in [6.07, 6.45) is 2.13. The van der Waals surface area contributed by atoms with Gasteiger partial charge in [-0.2, -0.15) is 0 Å². The van der Waals surface area contributed by atoms with E-state index >= 15 is 0 Å². The Labute approximate surface area is 129 Å². The molecule has 0 radical (unpaired) electrons. The third kappa shape index (κ3) is 3.61. The van der Waals surface area contributed by atoms with Gasteiger partial charge in [0.25, 0.3) is 5.56 Å². The number of nitrogens with zero attached hydrogens (tertiary/aromatic N) is 1. The Morgan fingerprint density at radius 1 is 1.36 bits per heavy atom. The summed E-state index contributed by atoms with van der Waals surface area (Å²) in [6, 6.07) is 7.12. The van der Waals surface area contributed by atoms with Crippen molar-refractivity contribution in [3.8, 4) is 0 Å². The third-order valence-corrected chi connectivity index (χ3v) is 3.44. The molecule has 1 aromatic heterocycles. The van der Waals surface area contributed by atoms with Crippen LogP contribution < -0.4 is 5.56 Å². The van der Waals surface area contributed by atoms with Crippen LogP contribution in [0.2, 0.25) is 0 Å². The first-order chi connectivity index (χ1) is 10.5. The van der Waals surface area contributed by atoms with Crippen LogP contribution in [0.3, 0.4) is 0 Å². The summed E-state index contributed by atoms with van der Waals surface area (Å²) in [4.78, 5) is 31.0. The fourth-order valence-electron chi connectivity index (χ4n) is 2.42. The lowest BCUT2D eigenvalue weighted by atomic mass is 10.0. The molecule has 1 N–H and O–H groups in total. The minimum atomic E-state index is -0.383. The van der Waals surface area contributed by atoms with Crippen molar-refractivity contribution < 1.29 is 9.53 Å². The van der Waals surface area contributed by atoms with Crippen molar-refractivity contribution in [2.45, 2.75) is 33.1 Å². The van der Waals surface area contributed by atoms with Gasteiger partial charge in [-0.15, -0.1) is 0 Å². The molecule has 5 nitrogen and oxygen atoms in total. The Morgan fingerprint density at radius 2 is 2.14 bits per heavy atom. The summed E-state index contributed by atoms with van der Waals surface area (Å²) >= 11 is 0. The highest BCUT2D eigenvalue weighted by Gasteiger charge is 2.12. The van der Waals surface area contributed by atoms with E-state index < -0.39 is 0 Å². The zero-order chi connectivity index (χ0) is 16.1. The second-order valence-corrected chi connectivity index (χ2v) is 5.20. The fraction of sp³-hybridized carbons (Fsp3) is 0.353. The van der Waals surface area contributed by atoms with Crippen molar-refractivity contribution in [2.24, 2.45) is 0 Å². The average molecular weight is 300 g/mol. The molecule has 0 bridgehead atoms. The van der Waals surface area contributed by atoms with Crippen LogP contribution in [0.1, 0.15) is 46.3 Å². The molecule has 0 saturated heterocycles. The van der Waals surface area contributed by atoms with E-state index in [1.165, 1.54) is 7.11 Å². The minimum Gasteiger partial charge on any atom is -0.465 e. The largest absolute Gasteiger partial charge is 0.465 e. The number of H-pyrrole nitrogens is 1. The van der Waals surface area contributed by atoms with Crippen LogP contribution in [0.15, 0.2) is 29.1 Å². The Bertz CT molecular complexity index is 735. The third-order valence-electron chi connectivity index (χ3n) is 3.44. The lowest BCUT2D eigenvalue weighted by Crippen LogP contribution is -2.19. The molecule has 1 aromatic carbocycles. The number of methoxy groups -OCH3 is 1. The van der Waals surface area contributed by atoms with Gasteiger partial charge in [0.2, 0.25) is 0 Å². The number of hydrogen-bond acceptors (Lipinski definition) is 4. The van der Waals surface area contributed by atoms with Gasteiger partial charge >= 0.3 is 5.97 Å². The molecule has 0 saturated carbocycles. The molecule has 0 aliphatic carbocycles. The van der Waals surface area contributed by atoms with E-state index in [4.69, 9.17) is 4.74 Å². The van der Waals surface area contributed by atoms with E-state index in [1.807, 2.05) is 6.07 Å². The van der Waals surface area contributed by atoms with Crippen LogP contribution >= 0.6 is 0 Å². The second kappa shape index (κ2) is 7.02. The fourth-order valence-corrected chi connectivity index (χ4v) is 2.42. The molecule has 22 heavy (non-hydrogen) atoms. The van der Waals surface area contributed by atoms with Gasteiger partial charge < -0.3 is 9.72 Å². The van der Waals surface area contributed by atoms with E-state index in [0.29, 0.717) is 23.4 Å². The first-order valence-electron chi connectivity index (χ1n) is 7.31. The highest BCUT2D eigenvalue weighted by atomic mass is 16.5. The van der Waals surface area contributed by atoms with E-state index in [2.05, 4.69) is 16.9 Å². The summed E-state index contributed by atoms with van der Waals surface area (Å²) < 4.78 is 4.72. The zero-order valence-corrected chi connectivity index (χ0v) is 13.1. The molecule has 2 rings (SSSR count). The highest BCUT2D eigenvalue weighted by molar-refractivity contribution is 5.89.